The molecule has 1 aromatic rings. The van der Waals surface area contributed by atoms with E-state index in [4.69, 9.17) is 14.6 Å². The highest BCUT2D eigenvalue weighted by Crippen LogP contribution is 2.28. The van der Waals surface area contributed by atoms with E-state index in [1.807, 2.05) is 0 Å². The third-order valence-corrected chi connectivity index (χ3v) is 2.28. The van der Waals surface area contributed by atoms with E-state index in [2.05, 4.69) is 10.6 Å². The molecule has 0 spiro atoms. The molecule has 0 bridgehead atoms. The van der Waals surface area contributed by atoms with Gasteiger partial charge in [0.05, 0.1) is 26.3 Å². The van der Waals surface area contributed by atoms with Gasteiger partial charge in [-0.15, -0.1) is 0 Å². The Kier molecular flexibility index (Phi) is 5.46. The molecule has 7 heteroatoms. The molecule has 0 aliphatic heterocycles. The summed E-state index contributed by atoms with van der Waals surface area (Å²) in [5.74, 6) is 0.0788. The number of anilines is 1. The summed E-state index contributed by atoms with van der Waals surface area (Å²) < 4.78 is 10.1. The van der Waals surface area contributed by atoms with E-state index in [1.54, 1.807) is 18.2 Å². The molecule has 1 aromatic carbocycles. The number of nitrogens with one attached hydrogen (secondary N) is 2. The van der Waals surface area contributed by atoms with Crippen LogP contribution in [0.25, 0.3) is 0 Å². The summed E-state index contributed by atoms with van der Waals surface area (Å²) in [6, 6.07) is 4.46. The summed E-state index contributed by atoms with van der Waals surface area (Å²) in [5, 5.41) is 13.4. The topological polar surface area (TPSA) is 96.9 Å². The van der Waals surface area contributed by atoms with Gasteiger partial charge in [-0.25, -0.2) is 4.79 Å². The lowest BCUT2D eigenvalue weighted by molar-refractivity contribution is -0.136. The highest BCUT2D eigenvalue weighted by Gasteiger charge is 2.09. The number of hydrogen-bond acceptors (Lipinski definition) is 4. The van der Waals surface area contributed by atoms with Crippen LogP contribution in [0.4, 0.5) is 10.5 Å². The lowest BCUT2D eigenvalue weighted by atomic mass is 10.2. The monoisotopic (exact) mass is 268 g/mol. The summed E-state index contributed by atoms with van der Waals surface area (Å²) >= 11 is 0. The number of hydrogen-bond donors (Lipinski definition) is 3. The van der Waals surface area contributed by atoms with Gasteiger partial charge in [0.25, 0.3) is 0 Å². The molecular formula is C12H16N2O5. The number of carboxylic acid groups (broad SMARTS) is 1. The maximum absolute atomic E-state index is 11.6. The van der Waals surface area contributed by atoms with Crippen molar-refractivity contribution in [1.29, 1.82) is 0 Å². The number of carbonyl (C=O) groups excluding carboxylic acids is 1. The molecule has 0 atom stereocenters. The van der Waals surface area contributed by atoms with Crippen LogP contribution in [0.5, 0.6) is 11.5 Å². The van der Waals surface area contributed by atoms with Gasteiger partial charge in [0, 0.05) is 12.6 Å². The van der Waals surface area contributed by atoms with Crippen molar-refractivity contribution in [1.82, 2.24) is 5.32 Å². The molecule has 0 aliphatic rings. The lowest BCUT2D eigenvalue weighted by Gasteiger charge is -2.12. The normalized spacial score (nSPS) is 9.58. The molecule has 104 valence electrons. The first-order valence-electron chi connectivity index (χ1n) is 5.55. The van der Waals surface area contributed by atoms with Gasteiger partial charge < -0.3 is 25.2 Å². The fraction of sp³-hybridized carbons (Fsp3) is 0.333. The van der Waals surface area contributed by atoms with Crippen LogP contribution in [0.3, 0.4) is 0 Å². The minimum absolute atomic E-state index is 0.0491. The van der Waals surface area contributed by atoms with Crippen LogP contribution in [0.1, 0.15) is 6.42 Å². The van der Waals surface area contributed by atoms with Crippen LogP contribution in [0.15, 0.2) is 18.2 Å². The zero-order chi connectivity index (χ0) is 14.3. The summed E-state index contributed by atoms with van der Waals surface area (Å²) in [5.41, 5.74) is 0.440. The number of amides is 2. The van der Waals surface area contributed by atoms with Crippen LogP contribution in [0, 0.1) is 0 Å². The summed E-state index contributed by atoms with van der Waals surface area (Å²) in [6.45, 7) is 0.0491. The largest absolute Gasteiger partial charge is 0.497 e. The van der Waals surface area contributed by atoms with Gasteiger partial charge in [-0.05, 0) is 12.1 Å². The Morgan fingerprint density at radius 3 is 2.58 bits per heavy atom. The van der Waals surface area contributed by atoms with Gasteiger partial charge in [0.2, 0.25) is 0 Å². The minimum atomic E-state index is -0.973. The van der Waals surface area contributed by atoms with Gasteiger partial charge in [-0.1, -0.05) is 0 Å². The molecule has 0 saturated carbocycles. The van der Waals surface area contributed by atoms with Crippen LogP contribution < -0.4 is 20.1 Å². The maximum Gasteiger partial charge on any atom is 0.319 e. The van der Waals surface area contributed by atoms with Crippen LogP contribution >= 0.6 is 0 Å². The predicted octanol–water partition coefficient (Wildman–Crippen LogP) is 1.30. The second-order valence-corrected chi connectivity index (χ2v) is 3.59. The number of benzene rings is 1. The fourth-order valence-electron chi connectivity index (χ4n) is 1.36. The summed E-state index contributed by atoms with van der Waals surface area (Å²) in [6.07, 6.45) is -0.136. The number of methoxy groups -OCH3 is 2. The highest BCUT2D eigenvalue weighted by atomic mass is 16.5. The molecule has 0 saturated heterocycles. The predicted molar refractivity (Wildman–Crippen MR) is 68.8 cm³/mol. The van der Waals surface area contributed by atoms with Crippen LogP contribution in [0.2, 0.25) is 0 Å². The Hall–Kier alpha value is -2.44. The number of carbonyl (C=O) groups is 2. The molecule has 0 unspecified atom stereocenters. The number of urea groups is 1. The molecule has 7 nitrogen and oxygen atoms in total. The second kappa shape index (κ2) is 7.10. The van der Waals surface area contributed by atoms with E-state index < -0.39 is 12.0 Å². The summed E-state index contributed by atoms with van der Waals surface area (Å²) in [4.78, 5) is 21.9. The Morgan fingerprint density at radius 1 is 1.26 bits per heavy atom. The first kappa shape index (κ1) is 14.6. The third kappa shape index (κ3) is 4.74. The fourth-order valence-corrected chi connectivity index (χ4v) is 1.36. The molecule has 19 heavy (non-hydrogen) atoms. The van der Waals surface area contributed by atoms with E-state index in [0.717, 1.165) is 0 Å². The van der Waals surface area contributed by atoms with Gasteiger partial charge >= 0.3 is 12.0 Å². The Balaban J connectivity index is 2.64. The van der Waals surface area contributed by atoms with Gasteiger partial charge in [0.15, 0.2) is 0 Å². The number of rotatable bonds is 6. The molecule has 0 heterocycles. The van der Waals surface area contributed by atoms with Crippen molar-refractivity contribution >= 4 is 17.7 Å². The average Bonchev–Trinajstić information content (AvgIpc) is 2.38. The standard InChI is InChI=1S/C12H16N2O5/c1-18-8-3-4-10(19-2)9(7-8)14-12(17)13-6-5-11(15)16/h3-4,7H,5-6H2,1-2H3,(H,15,16)(H2,13,14,17). The quantitative estimate of drug-likeness (QED) is 0.722. The van der Waals surface area contributed by atoms with E-state index in [9.17, 15) is 9.59 Å². The van der Waals surface area contributed by atoms with E-state index in [1.165, 1.54) is 14.2 Å². The zero-order valence-electron chi connectivity index (χ0n) is 10.7. The van der Waals surface area contributed by atoms with Crippen molar-refractivity contribution in [3.63, 3.8) is 0 Å². The van der Waals surface area contributed by atoms with Crippen molar-refractivity contribution in [2.75, 3.05) is 26.1 Å². The number of aliphatic carboxylic acids is 1. The van der Waals surface area contributed by atoms with Crippen molar-refractivity contribution in [3.05, 3.63) is 18.2 Å². The van der Waals surface area contributed by atoms with Crippen molar-refractivity contribution in [2.45, 2.75) is 6.42 Å². The average molecular weight is 268 g/mol. The van der Waals surface area contributed by atoms with Gasteiger partial charge in [0.1, 0.15) is 11.5 Å². The number of ether oxygens (including phenoxy) is 2. The van der Waals surface area contributed by atoms with Crippen molar-refractivity contribution in [2.24, 2.45) is 0 Å². The molecule has 0 fully saturated rings. The van der Waals surface area contributed by atoms with E-state index in [-0.39, 0.29) is 13.0 Å². The molecule has 3 N–H and O–H groups in total. The minimum Gasteiger partial charge on any atom is -0.497 e. The maximum atomic E-state index is 11.6. The first-order chi connectivity index (χ1) is 9.06. The van der Waals surface area contributed by atoms with Crippen molar-refractivity contribution in [3.8, 4) is 11.5 Å². The molecule has 0 radical (unpaired) electrons. The van der Waals surface area contributed by atoms with Crippen molar-refractivity contribution < 1.29 is 24.2 Å². The van der Waals surface area contributed by atoms with Gasteiger partial charge in [-0.3, -0.25) is 4.79 Å². The van der Waals surface area contributed by atoms with E-state index >= 15 is 0 Å². The van der Waals surface area contributed by atoms with E-state index in [0.29, 0.717) is 17.2 Å². The third-order valence-electron chi connectivity index (χ3n) is 2.28. The van der Waals surface area contributed by atoms with Crippen LogP contribution in [-0.4, -0.2) is 37.9 Å². The number of carboxylic acids is 1. The Morgan fingerprint density at radius 2 is 2.00 bits per heavy atom. The Bertz CT molecular complexity index is 461. The smallest absolute Gasteiger partial charge is 0.319 e. The van der Waals surface area contributed by atoms with Crippen LogP contribution in [-0.2, 0) is 4.79 Å². The zero-order valence-corrected chi connectivity index (χ0v) is 10.7. The Labute approximate surface area is 110 Å². The lowest BCUT2D eigenvalue weighted by Crippen LogP contribution is -2.30. The SMILES string of the molecule is COc1ccc(OC)c(NC(=O)NCCC(=O)O)c1. The summed E-state index contributed by atoms with van der Waals surface area (Å²) in [7, 11) is 2.99. The van der Waals surface area contributed by atoms with Gasteiger partial charge in [-0.2, -0.15) is 0 Å². The first-order valence-corrected chi connectivity index (χ1v) is 5.55. The molecule has 0 aliphatic carbocycles. The molecule has 2 amide bonds. The molecule has 0 aromatic heterocycles. The molecular weight excluding hydrogens is 252 g/mol. The second-order valence-electron chi connectivity index (χ2n) is 3.59. The molecule has 1 rings (SSSR count). The highest BCUT2D eigenvalue weighted by molar-refractivity contribution is 5.91.